The van der Waals surface area contributed by atoms with Gasteiger partial charge >= 0.3 is 0 Å². The standard InChI is InChI=1S/C15H12ClN3S/c1-10-2-8-13(9-3-10)17-15-19-18-14(20-15)11-4-6-12(16)7-5-11/h2-9H,1H3,(H,17,19). The average Bonchev–Trinajstić information content (AvgIpc) is 2.91. The van der Waals surface area contributed by atoms with E-state index < -0.39 is 0 Å². The molecule has 0 amide bonds. The van der Waals surface area contributed by atoms with Crippen LogP contribution in [0.5, 0.6) is 0 Å². The number of aromatic nitrogens is 2. The summed E-state index contributed by atoms with van der Waals surface area (Å²) in [7, 11) is 0. The second-order valence-corrected chi connectivity index (χ2v) is 5.82. The molecule has 2 aromatic carbocycles. The molecule has 0 saturated carbocycles. The average molecular weight is 302 g/mol. The number of anilines is 2. The lowest BCUT2D eigenvalue weighted by molar-refractivity contribution is 1.10. The third-order valence-corrected chi connectivity index (χ3v) is 3.96. The molecule has 20 heavy (non-hydrogen) atoms. The Morgan fingerprint density at radius 2 is 1.65 bits per heavy atom. The van der Waals surface area contributed by atoms with Gasteiger partial charge < -0.3 is 5.32 Å². The van der Waals surface area contributed by atoms with Crippen molar-refractivity contribution in [3.8, 4) is 10.6 Å². The van der Waals surface area contributed by atoms with Crippen LogP contribution in [0.25, 0.3) is 10.6 Å². The first kappa shape index (κ1) is 13.1. The Labute approximate surface area is 126 Å². The van der Waals surface area contributed by atoms with Crippen LogP contribution in [0.1, 0.15) is 5.56 Å². The number of nitrogens with zero attached hydrogens (tertiary/aromatic N) is 2. The molecule has 0 saturated heterocycles. The molecule has 5 heteroatoms. The predicted molar refractivity (Wildman–Crippen MR) is 84.8 cm³/mol. The Hall–Kier alpha value is -1.91. The molecule has 0 spiro atoms. The molecule has 1 heterocycles. The molecule has 0 unspecified atom stereocenters. The first-order valence-electron chi connectivity index (χ1n) is 6.14. The fourth-order valence-corrected chi connectivity index (χ4v) is 2.64. The maximum absolute atomic E-state index is 5.88. The minimum absolute atomic E-state index is 0.719. The summed E-state index contributed by atoms with van der Waals surface area (Å²) in [5, 5.41) is 14.0. The molecule has 0 atom stereocenters. The SMILES string of the molecule is Cc1ccc(Nc2nnc(-c3ccc(Cl)cc3)s2)cc1. The highest BCUT2D eigenvalue weighted by Crippen LogP contribution is 2.29. The third kappa shape index (κ3) is 2.98. The van der Waals surface area contributed by atoms with Gasteiger partial charge in [-0.2, -0.15) is 0 Å². The number of benzene rings is 2. The minimum atomic E-state index is 0.719. The molecule has 3 rings (SSSR count). The number of nitrogens with one attached hydrogen (secondary N) is 1. The number of hydrogen-bond donors (Lipinski definition) is 1. The van der Waals surface area contributed by atoms with Crippen molar-refractivity contribution in [1.82, 2.24) is 10.2 Å². The van der Waals surface area contributed by atoms with Crippen LogP contribution in [0, 0.1) is 6.92 Å². The van der Waals surface area contributed by atoms with Gasteiger partial charge in [-0.15, -0.1) is 10.2 Å². The van der Waals surface area contributed by atoms with Gasteiger partial charge in [0.15, 0.2) is 0 Å². The van der Waals surface area contributed by atoms with E-state index in [9.17, 15) is 0 Å². The third-order valence-electron chi connectivity index (χ3n) is 2.82. The molecule has 100 valence electrons. The molecule has 0 radical (unpaired) electrons. The highest BCUT2D eigenvalue weighted by Gasteiger charge is 2.06. The van der Waals surface area contributed by atoms with Gasteiger partial charge in [-0.25, -0.2) is 0 Å². The first-order valence-corrected chi connectivity index (χ1v) is 7.33. The maximum atomic E-state index is 5.88. The first-order chi connectivity index (χ1) is 9.70. The molecule has 3 nitrogen and oxygen atoms in total. The van der Waals surface area contributed by atoms with E-state index in [4.69, 9.17) is 11.6 Å². The fourth-order valence-electron chi connectivity index (χ4n) is 1.74. The van der Waals surface area contributed by atoms with Crippen LogP contribution in [0.15, 0.2) is 48.5 Å². The quantitative estimate of drug-likeness (QED) is 0.747. The fraction of sp³-hybridized carbons (Fsp3) is 0.0667. The van der Waals surface area contributed by atoms with Gasteiger partial charge in [-0.1, -0.05) is 52.8 Å². The van der Waals surface area contributed by atoms with Gasteiger partial charge in [0.05, 0.1) is 0 Å². The van der Waals surface area contributed by atoms with Crippen molar-refractivity contribution < 1.29 is 0 Å². The van der Waals surface area contributed by atoms with Crippen molar-refractivity contribution in [2.45, 2.75) is 6.92 Å². The zero-order valence-electron chi connectivity index (χ0n) is 10.8. The van der Waals surface area contributed by atoms with Crippen LogP contribution in [0.3, 0.4) is 0 Å². The van der Waals surface area contributed by atoms with Crippen LogP contribution in [0.2, 0.25) is 5.02 Å². The van der Waals surface area contributed by atoms with Gasteiger partial charge in [0.25, 0.3) is 0 Å². The summed E-state index contributed by atoms with van der Waals surface area (Å²) in [6.45, 7) is 2.06. The Bertz CT molecular complexity index is 705. The summed E-state index contributed by atoms with van der Waals surface area (Å²) in [6.07, 6.45) is 0. The number of hydrogen-bond acceptors (Lipinski definition) is 4. The highest BCUT2D eigenvalue weighted by molar-refractivity contribution is 7.18. The lowest BCUT2D eigenvalue weighted by Gasteiger charge is -2.01. The van der Waals surface area contributed by atoms with Gasteiger partial charge in [0.1, 0.15) is 5.01 Å². The van der Waals surface area contributed by atoms with E-state index in [-0.39, 0.29) is 0 Å². The van der Waals surface area contributed by atoms with Crippen molar-refractivity contribution in [2.75, 3.05) is 5.32 Å². The number of aryl methyl sites for hydroxylation is 1. The second-order valence-electron chi connectivity index (χ2n) is 4.41. The molecule has 0 fully saturated rings. The molecule has 0 aliphatic heterocycles. The molecule has 3 aromatic rings. The highest BCUT2D eigenvalue weighted by atomic mass is 35.5. The molecular formula is C15H12ClN3S. The van der Waals surface area contributed by atoms with E-state index in [1.165, 1.54) is 16.9 Å². The number of rotatable bonds is 3. The van der Waals surface area contributed by atoms with E-state index in [0.29, 0.717) is 0 Å². The summed E-state index contributed by atoms with van der Waals surface area (Å²) in [4.78, 5) is 0. The largest absolute Gasteiger partial charge is 0.330 e. The lowest BCUT2D eigenvalue weighted by atomic mass is 10.2. The summed E-state index contributed by atoms with van der Waals surface area (Å²) >= 11 is 7.39. The summed E-state index contributed by atoms with van der Waals surface area (Å²) in [5.74, 6) is 0. The van der Waals surface area contributed by atoms with E-state index in [1.54, 1.807) is 0 Å². The topological polar surface area (TPSA) is 37.8 Å². The predicted octanol–water partition coefficient (Wildman–Crippen LogP) is 4.91. The van der Waals surface area contributed by atoms with Crippen LogP contribution < -0.4 is 5.32 Å². The van der Waals surface area contributed by atoms with Crippen LogP contribution >= 0.6 is 22.9 Å². The van der Waals surface area contributed by atoms with E-state index in [0.717, 1.165) is 26.4 Å². The summed E-state index contributed by atoms with van der Waals surface area (Å²) in [5.41, 5.74) is 3.26. The summed E-state index contributed by atoms with van der Waals surface area (Å²) in [6, 6.07) is 15.8. The molecule has 1 aromatic heterocycles. The molecule has 1 N–H and O–H groups in total. The van der Waals surface area contributed by atoms with Crippen molar-refractivity contribution in [3.05, 3.63) is 59.1 Å². The van der Waals surface area contributed by atoms with E-state index in [1.807, 2.05) is 36.4 Å². The molecule has 0 aliphatic rings. The van der Waals surface area contributed by atoms with Crippen molar-refractivity contribution >= 4 is 33.8 Å². The maximum Gasteiger partial charge on any atom is 0.210 e. The molecular weight excluding hydrogens is 290 g/mol. The Kier molecular flexibility index (Phi) is 3.67. The van der Waals surface area contributed by atoms with Crippen LogP contribution in [-0.2, 0) is 0 Å². The zero-order valence-corrected chi connectivity index (χ0v) is 12.4. The van der Waals surface area contributed by atoms with Gasteiger partial charge in [-0.3, -0.25) is 0 Å². The van der Waals surface area contributed by atoms with Crippen LogP contribution in [-0.4, -0.2) is 10.2 Å². The van der Waals surface area contributed by atoms with Crippen molar-refractivity contribution in [1.29, 1.82) is 0 Å². The van der Waals surface area contributed by atoms with E-state index in [2.05, 4.69) is 34.6 Å². The van der Waals surface area contributed by atoms with Gasteiger partial charge in [0, 0.05) is 16.3 Å². The van der Waals surface area contributed by atoms with Gasteiger partial charge in [0.2, 0.25) is 5.13 Å². The lowest BCUT2D eigenvalue weighted by Crippen LogP contribution is -1.88. The normalized spacial score (nSPS) is 10.5. The Morgan fingerprint density at radius 3 is 2.35 bits per heavy atom. The zero-order chi connectivity index (χ0) is 13.9. The van der Waals surface area contributed by atoms with E-state index >= 15 is 0 Å². The van der Waals surface area contributed by atoms with Crippen molar-refractivity contribution in [2.24, 2.45) is 0 Å². The monoisotopic (exact) mass is 301 g/mol. The Balaban J connectivity index is 1.80. The number of halogens is 1. The van der Waals surface area contributed by atoms with Crippen molar-refractivity contribution in [3.63, 3.8) is 0 Å². The Morgan fingerprint density at radius 1 is 0.950 bits per heavy atom. The van der Waals surface area contributed by atoms with Crippen LogP contribution in [0.4, 0.5) is 10.8 Å². The molecule has 0 bridgehead atoms. The minimum Gasteiger partial charge on any atom is -0.330 e. The van der Waals surface area contributed by atoms with Gasteiger partial charge in [-0.05, 0) is 31.2 Å². The second kappa shape index (κ2) is 5.61. The summed E-state index contributed by atoms with van der Waals surface area (Å²) < 4.78 is 0. The smallest absolute Gasteiger partial charge is 0.210 e. The molecule has 0 aliphatic carbocycles.